The zero-order valence-electron chi connectivity index (χ0n) is 30.3. The van der Waals surface area contributed by atoms with Crippen LogP contribution in [0.15, 0.2) is 66.7 Å². The third kappa shape index (κ3) is 14.2. The maximum atomic E-state index is 12.3. The average Bonchev–Trinajstić information content (AvgIpc) is 3.11. The summed E-state index contributed by atoms with van der Waals surface area (Å²) in [5, 5.41) is 45.4. The molecule has 0 aliphatic heterocycles. The molecule has 290 valence electrons. The van der Waals surface area contributed by atoms with Crippen molar-refractivity contribution in [2.75, 3.05) is 59.0 Å². The van der Waals surface area contributed by atoms with Gasteiger partial charge in [0.25, 0.3) is 0 Å². The maximum absolute atomic E-state index is 12.3. The van der Waals surface area contributed by atoms with Crippen LogP contribution in [0, 0.1) is 5.92 Å². The van der Waals surface area contributed by atoms with Gasteiger partial charge >= 0.3 is 15.6 Å². The molecule has 16 heteroatoms. The molecule has 0 aliphatic carbocycles. The molecule has 0 amide bonds. The van der Waals surface area contributed by atoms with E-state index in [0.29, 0.717) is 18.7 Å². The van der Waals surface area contributed by atoms with Gasteiger partial charge < -0.3 is 30.3 Å². The minimum atomic E-state index is -4.53. The van der Waals surface area contributed by atoms with E-state index in [9.17, 15) is 24.0 Å². The number of nitrogens with zero attached hydrogens (tertiary/aromatic N) is 1. The highest BCUT2D eigenvalue weighted by atomic mass is 32.1. The Labute approximate surface area is 310 Å². The average molecular weight is 786 g/mol. The number of rotatable bonds is 16. The molecule has 6 N–H and O–H groups in total. The number of hydrogen-bond donors (Lipinski definition) is 7. The molecule has 52 heavy (non-hydrogen) atoms. The number of aliphatic hydroxyl groups excluding tert-OH is 3. The highest BCUT2D eigenvalue weighted by Crippen LogP contribution is 2.46. The van der Waals surface area contributed by atoms with Gasteiger partial charge in [0.1, 0.15) is 0 Å². The van der Waals surface area contributed by atoms with Crippen molar-refractivity contribution in [1.29, 1.82) is 0 Å². The fourth-order valence-electron chi connectivity index (χ4n) is 5.25. The Balaban J connectivity index is 0.000000682. The van der Waals surface area contributed by atoms with E-state index in [1.807, 2.05) is 32.0 Å². The van der Waals surface area contributed by atoms with Crippen molar-refractivity contribution in [3.8, 4) is 0 Å². The van der Waals surface area contributed by atoms with Gasteiger partial charge in [0, 0.05) is 38.0 Å². The smallest absolute Gasteiger partial charge is 0.396 e. The van der Waals surface area contributed by atoms with Crippen LogP contribution in [-0.2, 0) is 33.6 Å². The highest BCUT2D eigenvalue weighted by Gasteiger charge is 2.26. The van der Waals surface area contributed by atoms with Crippen molar-refractivity contribution < 1.29 is 57.5 Å². The molecule has 5 rings (SSSR count). The Morgan fingerprint density at radius 3 is 1.67 bits per heavy atom. The predicted octanol–water partition coefficient (Wildman–Crippen LogP) is 6.80. The number of fused-ring (bicyclic) bond motifs is 2. The minimum absolute atomic E-state index is 0.167. The molecule has 0 aliphatic rings. The third-order valence-electron chi connectivity index (χ3n) is 7.22. The Kier molecular flexibility index (Phi) is 20.2. The number of phosphoric ester groups is 2. The van der Waals surface area contributed by atoms with E-state index < -0.39 is 48.0 Å². The molecule has 0 bridgehead atoms. The lowest BCUT2D eigenvalue weighted by molar-refractivity contribution is -0.0584. The second-order valence-corrected chi connectivity index (χ2v) is 15.0. The van der Waals surface area contributed by atoms with Gasteiger partial charge in [-0.2, -0.15) is 17.7 Å². The Bertz CT molecular complexity index is 1820. The Morgan fingerprint density at radius 1 is 0.731 bits per heavy atom. The number of thiol groups is 1. The molecule has 0 aromatic heterocycles. The zero-order valence-corrected chi connectivity index (χ0v) is 33.0. The van der Waals surface area contributed by atoms with E-state index in [1.165, 1.54) is 21.5 Å². The second-order valence-electron chi connectivity index (χ2n) is 11.6. The molecule has 13 nitrogen and oxygen atoms in total. The van der Waals surface area contributed by atoms with Crippen LogP contribution in [0.25, 0.3) is 43.1 Å². The van der Waals surface area contributed by atoms with Gasteiger partial charge in [-0.3, -0.25) is 18.1 Å². The quantitative estimate of drug-likeness (QED) is 0.0138. The van der Waals surface area contributed by atoms with Crippen LogP contribution in [0.5, 0.6) is 0 Å². The van der Waals surface area contributed by atoms with E-state index in [4.69, 9.17) is 24.5 Å². The summed E-state index contributed by atoms with van der Waals surface area (Å²) in [6, 6.07) is 22.9. The molecule has 0 fully saturated rings. The molecular formula is C36H53NO12P2S. The molecule has 0 saturated carbocycles. The largest absolute Gasteiger partial charge is 0.472 e. The van der Waals surface area contributed by atoms with Crippen LogP contribution >= 0.6 is 28.3 Å². The van der Waals surface area contributed by atoms with Crippen molar-refractivity contribution in [3.63, 3.8) is 0 Å². The molecule has 0 heterocycles. The summed E-state index contributed by atoms with van der Waals surface area (Å²) < 4.78 is 42.8. The molecule has 5 aromatic carbocycles. The lowest BCUT2D eigenvalue weighted by atomic mass is 9.87. The predicted molar refractivity (Wildman–Crippen MR) is 209 cm³/mol. The summed E-state index contributed by atoms with van der Waals surface area (Å²) in [5.41, 5.74) is 0.971. The van der Waals surface area contributed by atoms with Gasteiger partial charge in [0.2, 0.25) is 0 Å². The molecular weight excluding hydrogens is 732 g/mol. The molecule has 0 radical (unpaired) electrons. The van der Waals surface area contributed by atoms with Gasteiger partial charge in [0.15, 0.2) is 0 Å². The van der Waals surface area contributed by atoms with Crippen molar-refractivity contribution in [2.45, 2.75) is 40.2 Å². The summed E-state index contributed by atoms with van der Waals surface area (Å²) >= 11 is 3.86. The molecule has 0 saturated heterocycles. The van der Waals surface area contributed by atoms with Crippen LogP contribution in [0.4, 0.5) is 0 Å². The Hall–Kier alpha value is -2.23. The summed E-state index contributed by atoms with van der Waals surface area (Å²) in [7, 11) is -7.34. The number of benzene rings is 5. The first-order chi connectivity index (χ1) is 24.7. The van der Waals surface area contributed by atoms with E-state index in [0.717, 1.165) is 32.2 Å². The highest BCUT2D eigenvalue weighted by molar-refractivity contribution is 7.80. The monoisotopic (exact) mass is 785 g/mol. The van der Waals surface area contributed by atoms with E-state index in [1.54, 1.807) is 20.9 Å². The van der Waals surface area contributed by atoms with Gasteiger partial charge in [0.05, 0.1) is 33.0 Å². The summed E-state index contributed by atoms with van der Waals surface area (Å²) in [5.74, 6) is 0.203. The van der Waals surface area contributed by atoms with Gasteiger partial charge in [-0.15, -0.1) is 0 Å². The van der Waals surface area contributed by atoms with Gasteiger partial charge in [-0.25, -0.2) is 9.13 Å². The molecule has 0 spiro atoms. The van der Waals surface area contributed by atoms with Crippen LogP contribution in [-0.4, -0.2) is 100 Å². The van der Waals surface area contributed by atoms with Crippen molar-refractivity contribution in [2.24, 2.45) is 5.92 Å². The molecule has 3 unspecified atom stereocenters. The molecule has 5 aromatic rings. The maximum Gasteiger partial charge on any atom is 0.472 e. The normalized spacial score (nSPS) is 14.3. The fourth-order valence-corrected chi connectivity index (χ4v) is 7.01. The Morgan fingerprint density at radius 2 is 1.19 bits per heavy atom. The first-order valence-electron chi connectivity index (χ1n) is 16.9. The van der Waals surface area contributed by atoms with Crippen LogP contribution < -0.4 is 0 Å². The van der Waals surface area contributed by atoms with Crippen LogP contribution in [0.3, 0.4) is 0 Å². The van der Waals surface area contributed by atoms with E-state index in [-0.39, 0.29) is 19.3 Å². The van der Waals surface area contributed by atoms with Crippen LogP contribution in [0.1, 0.15) is 33.3 Å². The molecule has 3 atom stereocenters. The van der Waals surface area contributed by atoms with E-state index in [2.05, 4.69) is 70.2 Å². The van der Waals surface area contributed by atoms with Crippen molar-refractivity contribution >= 4 is 71.4 Å². The number of phosphoric acid groups is 2. The lowest BCUT2D eigenvalue weighted by Crippen LogP contribution is -2.17. The zero-order chi connectivity index (χ0) is 38.9. The minimum Gasteiger partial charge on any atom is -0.396 e. The van der Waals surface area contributed by atoms with E-state index >= 15 is 0 Å². The fraction of sp³-hybridized carbons (Fsp3) is 0.444. The number of hydroxylamine groups is 2. The number of hydrogen-bond acceptors (Lipinski definition) is 12. The summed E-state index contributed by atoms with van der Waals surface area (Å²) in [4.78, 5) is 19.4. The number of aliphatic hydroxyl groups is 3. The first kappa shape index (κ1) is 45.9. The standard InChI is InChI=1S/C28H30O10P2.C3H9NOS.C3H8O.C2H6/c29-12-13-35-39(31,32)36-14-15-37-40(33,34)38-18-19(17-30)16-21-10-11-26-24-8-2-5-20-4-1-7-23(27(20)24)25-9-3-6-22(21)28(25)26;1-4(5)2-3-6;1-3(2)4;1-2/h1-11,19,29-30H,12-18H2,(H,31,32)(H,33,34);5-6H,2-3H2,1H3;3-4H,1-2H3;1-2H3. The summed E-state index contributed by atoms with van der Waals surface area (Å²) in [6.07, 6.45) is 0.224. The third-order valence-corrected chi connectivity index (χ3v) is 9.42. The van der Waals surface area contributed by atoms with Crippen molar-refractivity contribution in [3.05, 3.63) is 72.3 Å². The lowest BCUT2D eigenvalue weighted by Gasteiger charge is -2.20. The van der Waals surface area contributed by atoms with Gasteiger partial charge in [-0.05, 0) is 68.9 Å². The van der Waals surface area contributed by atoms with Crippen molar-refractivity contribution in [1.82, 2.24) is 5.06 Å². The topological polar surface area (TPSA) is 196 Å². The van der Waals surface area contributed by atoms with Gasteiger partial charge in [-0.1, -0.05) is 80.6 Å². The SMILES string of the molecule is CC.CC(C)O.CN(O)CCS.O=P(O)(OCCO)OCCOP(=O)(O)OCC(CO)Cc1ccc2c3cccc4cccc(c5cccc1c52)c43. The summed E-state index contributed by atoms with van der Waals surface area (Å²) in [6.45, 7) is 5.62. The second kappa shape index (κ2) is 22.9. The van der Waals surface area contributed by atoms with Crippen LogP contribution in [0.2, 0.25) is 0 Å². The first-order valence-corrected chi connectivity index (χ1v) is 20.6.